The van der Waals surface area contributed by atoms with E-state index in [1.54, 1.807) is 10.9 Å². The Hall–Kier alpha value is -1.43. The van der Waals surface area contributed by atoms with Gasteiger partial charge in [-0.25, -0.2) is 0 Å². The monoisotopic (exact) mass is 237 g/mol. The van der Waals surface area contributed by atoms with Crippen LogP contribution in [0.1, 0.15) is 25.7 Å². The maximum absolute atomic E-state index is 11.8. The summed E-state index contributed by atoms with van der Waals surface area (Å²) in [6, 6.07) is 0.209. The topological polar surface area (TPSA) is 85.8 Å². The van der Waals surface area contributed by atoms with Crippen LogP contribution in [0.3, 0.4) is 0 Å². The van der Waals surface area contributed by atoms with Gasteiger partial charge in [0.15, 0.2) is 0 Å². The molecule has 1 amide bonds. The molecule has 1 aromatic heterocycles. The molecular formula is C11H19N5O. The summed E-state index contributed by atoms with van der Waals surface area (Å²) >= 11 is 0. The van der Waals surface area contributed by atoms with Gasteiger partial charge >= 0.3 is 0 Å². The first-order chi connectivity index (χ1) is 8.25. The Morgan fingerprint density at radius 2 is 2.41 bits per heavy atom. The quantitative estimate of drug-likeness (QED) is 0.701. The van der Waals surface area contributed by atoms with Crippen molar-refractivity contribution in [1.82, 2.24) is 20.3 Å². The van der Waals surface area contributed by atoms with Gasteiger partial charge in [-0.3, -0.25) is 9.48 Å². The molecule has 1 fully saturated rings. The summed E-state index contributed by atoms with van der Waals surface area (Å²) in [7, 11) is 0. The fourth-order valence-corrected chi connectivity index (χ4v) is 2.20. The van der Waals surface area contributed by atoms with Crippen molar-refractivity contribution in [3.63, 3.8) is 0 Å². The molecule has 17 heavy (non-hydrogen) atoms. The summed E-state index contributed by atoms with van der Waals surface area (Å²) in [4.78, 5) is 11.8. The van der Waals surface area contributed by atoms with E-state index >= 15 is 0 Å². The van der Waals surface area contributed by atoms with Crippen LogP contribution in [0.15, 0.2) is 12.4 Å². The number of rotatable bonds is 5. The standard InChI is InChI=1S/C11H19N5O/c12-10-3-2-9(8-10)11(17)13-4-1-6-16-7-5-14-15-16/h5,7,9-10H,1-4,6,8,12H2,(H,13,17). The predicted octanol–water partition coefficient (Wildman–Crippen LogP) is -0.0882. The lowest BCUT2D eigenvalue weighted by Crippen LogP contribution is -2.31. The van der Waals surface area contributed by atoms with Crippen molar-refractivity contribution >= 4 is 5.91 Å². The Morgan fingerprint density at radius 1 is 1.53 bits per heavy atom. The zero-order chi connectivity index (χ0) is 12.1. The molecule has 0 radical (unpaired) electrons. The fourth-order valence-electron chi connectivity index (χ4n) is 2.20. The van der Waals surface area contributed by atoms with Crippen molar-refractivity contribution in [2.45, 2.75) is 38.3 Å². The first-order valence-electron chi connectivity index (χ1n) is 6.13. The summed E-state index contributed by atoms with van der Waals surface area (Å²) < 4.78 is 1.76. The van der Waals surface area contributed by atoms with Gasteiger partial charge in [0.25, 0.3) is 0 Å². The molecule has 0 aromatic carbocycles. The molecule has 6 nitrogen and oxygen atoms in total. The minimum atomic E-state index is 0.122. The molecule has 1 aromatic rings. The van der Waals surface area contributed by atoms with Gasteiger partial charge in [0, 0.05) is 31.2 Å². The first-order valence-corrected chi connectivity index (χ1v) is 6.13. The lowest BCUT2D eigenvalue weighted by atomic mass is 10.1. The van der Waals surface area contributed by atoms with E-state index in [0.717, 1.165) is 32.2 Å². The van der Waals surface area contributed by atoms with Gasteiger partial charge in [-0.05, 0) is 25.7 Å². The van der Waals surface area contributed by atoms with Gasteiger partial charge in [0.2, 0.25) is 5.91 Å². The lowest BCUT2D eigenvalue weighted by Gasteiger charge is -2.10. The predicted molar refractivity (Wildman–Crippen MR) is 63.0 cm³/mol. The van der Waals surface area contributed by atoms with E-state index in [9.17, 15) is 4.79 Å². The molecule has 0 aliphatic heterocycles. The highest BCUT2D eigenvalue weighted by molar-refractivity contribution is 5.78. The zero-order valence-electron chi connectivity index (χ0n) is 9.88. The van der Waals surface area contributed by atoms with E-state index in [1.807, 2.05) is 6.20 Å². The molecule has 1 aliphatic rings. The molecule has 1 saturated carbocycles. The fraction of sp³-hybridized carbons (Fsp3) is 0.727. The maximum Gasteiger partial charge on any atom is 0.223 e. The molecule has 2 unspecified atom stereocenters. The van der Waals surface area contributed by atoms with E-state index in [4.69, 9.17) is 5.73 Å². The Balaban J connectivity index is 1.60. The Bertz CT molecular complexity index is 351. The van der Waals surface area contributed by atoms with Crippen LogP contribution >= 0.6 is 0 Å². The van der Waals surface area contributed by atoms with Crippen molar-refractivity contribution < 1.29 is 4.79 Å². The molecule has 2 atom stereocenters. The number of nitrogens with zero attached hydrogens (tertiary/aromatic N) is 3. The summed E-state index contributed by atoms with van der Waals surface area (Å²) in [5, 5.41) is 10.5. The smallest absolute Gasteiger partial charge is 0.223 e. The molecule has 0 bridgehead atoms. The third-order valence-corrected chi connectivity index (χ3v) is 3.18. The van der Waals surface area contributed by atoms with E-state index < -0.39 is 0 Å². The van der Waals surface area contributed by atoms with Gasteiger partial charge in [0.1, 0.15) is 0 Å². The average Bonchev–Trinajstić information content (AvgIpc) is 2.95. The van der Waals surface area contributed by atoms with Crippen LogP contribution < -0.4 is 11.1 Å². The highest BCUT2D eigenvalue weighted by Gasteiger charge is 2.27. The minimum absolute atomic E-state index is 0.122. The summed E-state index contributed by atoms with van der Waals surface area (Å²) in [5.41, 5.74) is 5.78. The van der Waals surface area contributed by atoms with Crippen molar-refractivity contribution in [2.75, 3.05) is 6.54 Å². The average molecular weight is 237 g/mol. The lowest BCUT2D eigenvalue weighted by molar-refractivity contribution is -0.124. The zero-order valence-corrected chi connectivity index (χ0v) is 9.88. The maximum atomic E-state index is 11.8. The van der Waals surface area contributed by atoms with E-state index in [-0.39, 0.29) is 17.9 Å². The summed E-state index contributed by atoms with van der Waals surface area (Å²) in [5.74, 6) is 0.271. The highest BCUT2D eigenvalue weighted by Crippen LogP contribution is 2.23. The number of amides is 1. The molecule has 94 valence electrons. The Morgan fingerprint density at radius 3 is 3.06 bits per heavy atom. The van der Waals surface area contributed by atoms with Crippen LogP contribution in [0.25, 0.3) is 0 Å². The van der Waals surface area contributed by atoms with Crippen LogP contribution in [-0.2, 0) is 11.3 Å². The first kappa shape index (κ1) is 12.0. The number of nitrogens with two attached hydrogens (primary N) is 1. The largest absolute Gasteiger partial charge is 0.356 e. The second kappa shape index (κ2) is 5.77. The summed E-state index contributed by atoms with van der Waals surface area (Å²) in [6.07, 6.45) is 7.06. The van der Waals surface area contributed by atoms with Gasteiger partial charge < -0.3 is 11.1 Å². The van der Waals surface area contributed by atoms with Crippen molar-refractivity contribution in [3.8, 4) is 0 Å². The molecular weight excluding hydrogens is 218 g/mol. The number of carbonyl (C=O) groups is 1. The number of hydrogen-bond acceptors (Lipinski definition) is 4. The molecule has 2 rings (SSSR count). The van der Waals surface area contributed by atoms with E-state index in [0.29, 0.717) is 6.54 Å². The van der Waals surface area contributed by atoms with Crippen LogP contribution in [0, 0.1) is 5.92 Å². The van der Waals surface area contributed by atoms with Crippen molar-refractivity contribution in [3.05, 3.63) is 12.4 Å². The molecule has 3 N–H and O–H groups in total. The SMILES string of the molecule is NC1CCC(C(=O)NCCCn2ccnn2)C1. The number of aryl methyl sites for hydroxylation is 1. The molecule has 1 heterocycles. The number of hydrogen-bond donors (Lipinski definition) is 2. The Kier molecular flexibility index (Phi) is 4.08. The number of nitrogens with one attached hydrogen (secondary N) is 1. The van der Waals surface area contributed by atoms with Gasteiger partial charge in [0.05, 0.1) is 6.20 Å². The molecule has 1 aliphatic carbocycles. The number of aromatic nitrogens is 3. The van der Waals surface area contributed by atoms with Crippen LogP contribution in [0.2, 0.25) is 0 Å². The van der Waals surface area contributed by atoms with Gasteiger partial charge in [-0.15, -0.1) is 5.10 Å². The van der Waals surface area contributed by atoms with Crippen molar-refractivity contribution in [2.24, 2.45) is 11.7 Å². The van der Waals surface area contributed by atoms with Crippen LogP contribution in [0.4, 0.5) is 0 Å². The second-order valence-electron chi connectivity index (χ2n) is 4.58. The highest BCUT2D eigenvalue weighted by atomic mass is 16.1. The van der Waals surface area contributed by atoms with E-state index in [2.05, 4.69) is 15.6 Å². The third-order valence-electron chi connectivity index (χ3n) is 3.18. The second-order valence-corrected chi connectivity index (χ2v) is 4.58. The summed E-state index contributed by atoms with van der Waals surface area (Å²) in [6.45, 7) is 1.47. The molecule has 6 heteroatoms. The number of carbonyl (C=O) groups excluding carboxylic acids is 1. The normalized spacial score (nSPS) is 23.8. The minimum Gasteiger partial charge on any atom is -0.356 e. The van der Waals surface area contributed by atoms with Gasteiger partial charge in [-0.2, -0.15) is 0 Å². The molecule has 0 saturated heterocycles. The van der Waals surface area contributed by atoms with Gasteiger partial charge in [-0.1, -0.05) is 5.21 Å². The van der Waals surface area contributed by atoms with Crippen molar-refractivity contribution in [1.29, 1.82) is 0 Å². The Labute approximate surface area is 101 Å². The van der Waals surface area contributed by atoms with Crippen LogP contribution in [-0.4, -0.2) is 33.5 Å². The van der Waals surface area contributed by atoms with E-state index in [1.165, 1.54) is 0 Å². The molecule has 0 spiro atoms. The van der Waals surface area contributed by atoms with Crippen LogP contribution in [0.5, 0.6) is 0 Å². The third kappa shape index (κ3) is 3.52.